The predicted molar refractivity (Wildman–Crippen MR) is 99.6 cm³/mol. The van der Waals surface area contributed by atoms with Crippen molar-refractivity contribution in [2.45, 2.75) is 39.0 Å². The Morgan fingerprint density at radius 1 is 1.00 bits per heavy atom. The van der Waals surface area contributed by atoms with Crippen molar-refractivity contribution in [3.8, 4) is 0 Å². The van der Waals surface area contributed by atoms with Crippen LogP contribution in [-0.2, 0) is 20.9 Å². The number of rotatable bonds is 8. The number of carbonyl (C=O) groups is 2. The molecule has 0 fully saturated rings. The lowest BCUT2D eigenvalue weighted by molar-refractivity contribution is -0.147. The van der Waals surface area contributed by atoms with Crippen molar-refractivity contribution in [1.82, 2.24) is 5.32 Å². The Hall–Kier alpha value is -2.66. The summed E-state index contributed by atoms with van der Waals surface area (Å²) in [6.45, 7) is 4.10. The highest BCUT2D eigenvalue weighted by Crippen LogP contribution is 2.19. The van der Waals surface area contributed by atoms with E-state index in [0.717, 1.165) is 11.1 Å². The predicted octanol–water partition coefficient (Wildman–Crippen LogP) is 3.65. The van der Waals surface area contributed by atoms with Gasteiger partial charge in [-0.3, -0.25) is 9.59 Å². The van der Waals surface area contributed by atoms with E-state index < -0.39 is 6.04 Å². The fourth-order valence-corrected chi connectivity index (χ4v) is 2.58. The summed E-state index contributed by atoms with van der Waals surface area (Å²) >= 11 is 0. The Labute approximate surface area is 154 Å². The van der Waals surface area contributed by atoms with E-state index in [9.17, 15) is 9.59 Å². The molecule has 1 unspecified atom stereocenters. The van der Waals surface area contributed by atoms with Gasteiger partial charge in [-0.25, -0.2) is 0 Å². The van der Waals surface area contributed by atoms with E-state index in [4.69, 9.17) is 9.47 Å². The molecule has 1 N–H and O–H groups in total. The lowest BCUT2D eigenvalue weighted by Gasteiger charge is -2.19. The fourth-order valence-electron chi connectivity index (χ4n) is 2.58. The summed E-state index contributed by atoms with van der Waals surface area (Å²) in [6, 6.07) is 16.2. The molecular weight excluding hydrogens is 330 g/mol. The van der Waals surface area contributed by atoms with Crippen LogP contribution in [0, 0.1) is 0 Å². The van der Waals surface area contributed by atoms with E-state index in [1.807, 2.05) is 42.5 Å². The van der Waals surface area contributed by atoms with Crippen LogP contribution in [0.2, 0.25) is 0 Å². The van der Waals surface area contributed by atoms with Crippen molar-refractivity contribution >= 4 is 11.9 Å². The van der Waals surface area contributed by atoms with Gasteiger partial charge in [-0.05, 0) is 37.1 Å². The number of nitrogens with one attached hydrogen (secondary N) is 1. The maximum atomic E-state index is 12.6. The third kappa shape index (κ3) is 6.01. The molecule has 1 atom stereocenters. The third-order valence-electron chi connectivity index (χ3n) is 3.77. The topological polar surface area (TPSA) is 64.6 Å². The molecule has 0 heterocycles. The Morgan fingerprint density at radius 2 is 1.65 bits per heavy atom. The minimum Gasteiger partial charge on any atom is -0.463 e. The number of benzene rings is 2. The molecule has 138 valence electrons. The van der Waals surface area contributed by atoms with Gasteiger partial charge in [-0.15, -0.1) is 0 Å². The zero-order chi connectivity index (χ0) is 18.9. The van der Waals surface area contributed by atoms with E-state index in [-0.39, 0.29) is 24.4 Å². The Balaban J connectivity index is 2.12. The Kier molecular flexibility index (Phi) is 7.36. The molecule has 0 radical (unpaired) electrons. The molecular formula is C21H25NO4. The van der Waals surface area contributed by atoms with E-state index >= 15 is 0 Å². The molecule has 2 rings (SSSR count). The zero-order valence-electron chi connectivity index (χ0n) is 15.4. The Bertz CT molecular complexity index is 711. The van der Waals surface area contributed by atoms with Crippen molar-refractivity contribution < 1.29 is 19.1 Å². The lowest BCUT2D eigenvalue weighted by Crippen LogP contribution is -2.31. The van der Waals surface area contributed by atoms with Gasteiger partial charge in [-0.2, -0.15) is 0 Å². The van der Waals surface area contributed by atoms with Gasteiger partial charge >= 0.3 is 5.97 Å². The van der Waals surface area contributed by atoms with Gasteiger partial charge in [0.25, 0.3) is 5.91 Å². The first-order valence-electron chi connectivity index (χ1n) is 8.62. The van der Waals surface area contributed by atoms with Gasteiger partial charge in [0, 0.05) is 12.7 Å². The number of hydrogen-bond acceptors (Lipinski definition) is 4. The second kappa shape index (κ2) is 9.73. The lowest BCUT2D eigenvalue weighted by atomic mass is 10.0. The number of hydrogen-bond donors (Lipinski definition) is 1. The van der Waals surface area contributed by atoms with E-state index in [0.29, 0.717) is 12.2 Å². The van der Waals surface area contributed by atoms with Crippen LogP contribution in [-0.4, -0.2) is 25.1 Å². The molecule has 5 heteroatoms. The first-order valence-corrected chi connectivity index (χ1v) is 8.62. The van der Waals surface area contributed by atoms with Crippen LogP contribution in [0.25, 0.3) is 0 Å². The van der Waals surface area contributed by atoms with Gasteiger partial charge in [0.15, 0.2) is 0 Å². The Morgan fingerprint density at radius 3 is 2.23 bits per heavy atom. The number of ether oxygens (including phenoxy) is 2. The SMILES string of the molecule is COCc1ccc(C(=O)NC(CC(=O)OC(C)C)c2ccccc2)cc1. The zero-order valence-corrected chi connectivity index (χ0v) is 15.4. The second-order valence-electron chi connectivity index (χ2n) is 6.31. The van der Waals surface area contributed by atoms with Crippen LogP contribution in [0.15, 0.2) is 54.6 Å². The molecule has 0 saturated heterocycles. The summed E-state index contributed by atoms with van der Waals surface area (Å²) in [6.07, 6.45) is -0.113. The largest absolute Gasteiger partial charge is 0.463 e. The van der Waals surface area contributed by atoms with Crippen LogP contribution in [0.3, 0.4) is 0 Å². The smallest absolute Gasteiger partial charge is 0.308 e. The van der Waals surface area contributed by atoms with Crippen LogP contribution >= 0.6 is 0 Å². The number of esters is 1. The molecule has 5 nitrogen and oxygen atoms in total. The summed E-state index contributed by atoms with van der Waals surface area (Å²) in [4.78, 5) is 24.7. The van der Waals surface area contributed by atoms with E-state index in [1.54, 1.807) is 33.1 Å². The number of methoxy groups -OCH3 is 1. The highest BCUT2D eigenvalue weighted by Gasteiger charge is 2.20. The molecule has 26 heavy (non-hydrogen) atoms. The van der Waals surface area contributed by atoms with Gasteiger partial charge in [0.05, 0.1) is 25.2 Å². The maximum Gasteiger partial charge on any atom is 0.308 e. The molecule has 0 aliphatic carbocycles. The second-order valence-corrected chi connectivity index (χ2v) is 6.31. The van der Waals surface area contributed by atoms with Crippen LogP contribution in [0.1, 0.15) is 47.8 Å². The molecule has 0 saturated carbocycles. The number of amides is 1. The fraction of sp³-hybridized carbons (Fsp3) is 0.333. The van der Waals surface area contributed by atoms with Crippen LogP contribution < -0.4 is 5.32 Å². The molecule has 2 aromatic carbocycles. The summed E-state index contributed by atoms with van der Waals surface area (Å²) in [7, 11) is 1.63. The molecule has 1 amide bonds. The summed E-state index contributed by atoms with van der Waals surface area (Å²) in [5, 5.41) is 2.93. The molecule has 0 bridgehead atoms. The summed E-state index contributed by atoms with van der Waals surface area (Å²) in [5.41, 5.74) is 2.38. The van der Waals surface area contributed by atoms with E-state index in [1.165, 1.54) is 0 Å². The molecule has 0 aliphatic heterocycles. The van der Waals surface area contributed by atoms with Gasteiger partial charge < -0.3 is 14.8 Å². The molecule has 2 aromatic rings. The van der Waals surface area contributed by atoms with Gasteiger partial charge in [0.2, 0.25) is 0 Å². The van der Waals surface area contributed by atoms with Gasteiger partial charge in [-0.1, -0.05) is 42.5 Å². The van der Waals surface area contributed by atoms with Crippen molar-refractivity contribution in [2.75, 3.05) is 7.11 Å². The summed E-state index contributed by atoms with van der Waals surface area (Å²) in [5.74, 6) is -0.579. The first kappa shape index (κ1) is 19.7. The average Bonchev–Trinajstić information content (AvgIpc) is 2.62. The number of carbonyl (C=O) groups excluding carboxylic acids is 2. The highest BCUT2D eigenvalue weighted by atomic mass is 16.5. The normalized spacial score (nSPS) is 11.8. The molecule has 0 aliphatic rings. The highest BCUT2D eigenvalue weighted by molar-refractivity contribution is 5.94. The van der Waals surface area contributed by atoms with Crippen molar-refractivity contribution in [3.05, 3.63) is 71.3 Å². The van der Waals surface area contributed by atoms with Crippen molar-refractivity contribution in [2.24, 2.45) is 0 Å². The van der Waals surface area contributed by atoms with Gasteiger partial charge in [0.1, 0.15) is 0 Å². The molecule has 0 spiro atoms. The van der Waals surface area contributed by atoms with Crippen LogP contribution in [0.4, 0.5) is 0 Å². The monoisotopic (exact) mass is 355 g/mol. The standard InChI is InChI=1S/C21H25NO4/c1-15(2)26-20(23)13-19(17-7-5-4-6-8-17)22-21(24)18-11-9-16(10-12-18)14-25-3/h4-12,15,19H,13-14H2,1-3H3,(H,22,24). The average molecular weight is 355 g/mol. The maximum absolute atomic E-state index is 12.6. The van der Waals surface area contributed by atoms with Crippen molar-refractivity contribution in [3.63, 3.8) is 0 Å². The van der Waals surface area contributed by atoms with E-state index in [2.05, 4.69) is 5.32 Å². The van der Waals surface area contributed by atoms with Crippen LogP contribution in [0.5, 0.6) is 0 Å². The third-order valence-corrected chi connectivity index (χ3v) is 3.77. The first-order chi connectivity index (χ1) is 12.5. The van der Waals surface area contributed by atoms with Crippen molar-refractivity contribution in [1.29, 1.82) is 0 Å². The minimum atomic E-state index is -0.450. The summed E-state index contributed by atoms with van der Waals surface area (Å²) < 4.78 is 10.3. The quantitative estimate of drug-likeness (QED) is 0.734. The molecule has 0 aromatic heterocycles. The minimum absolute atomic E-state index is 0.0791.